The lowest BCUT2D eigenvalue weighted by Crippen LogP contribution is -2.36. The Labute approximate surface area is 167 Å². The quantitative estimate of drug-likeness (QED) is 0.776. The van der Waals surface area contributed by atoms with E-state index >= 15 is 0 Å². The van der Waals surface area contributed by atoms with Gasteiger partial charge in [-0.15, -0.1) is 0 Å². The summed E-state index contributed by atoms with van der Waals surface area (Å²) in [6.45, 7) is 4.18. The van der Waals surface area contributed by atoms with E-state index < -0.39 is 10.0 Å². The molecule has 1 aromatic rings. The predicted octanol–water partition coefficient (Wildman–Crippen LogP) is 1.71. The summed E-state index contributed by atoms with van der Waals surface area (Å²) in [6.07, 6.45) is 6.77. The van der Waals surface area contributed by atoms with Crippen molar-refractivity contribution in [3.8, 4) is 0 Å². The van der Waals surface area contributed by atoms with E-state index in [1.54, 1.807) is 22.1 Å². The number of nitrogens with zero attached hydrogens (tertiary/aromatic N) is 3. The molecule has 28 heavy (non-hydrogen) atoms. The second-order valence-electron chi connectivity index (χ2n) is 9.28. The summed E-state index contributed by atoms with van der Waals surface area (Å²) in [5.41, 5.74) is 0.942. The zero-order valence-corrected chi connectivity index (χ0v) is 17.5. The van der Waals surface area contributed by atoms with Crippen LogP contribution in [0.15, 0.2) is 11.1 Å². The first-order valence-corrected chi connectivity index (χ1v) is 12.3. The molecule has 8 heteroatoms. The number of hydrogen-bond acceptors (Lipinski definition) is 5. The molecule has 1 unspecified atom stereocenters. The van der Waals surface area contributed by atoms with Crippen molar-refractivity contribution < 1.29 is 13.2 Å². The molecule has 0 aromatic carbocycles. The molecule has 2 saturated heterocycles. The van der Waals surface area contributed by atoms with Gasteiger partial charge in [-0.3, -0.25) is 4.68 Å². The van der Waals surface area contributed by atoms with Crippen LogP contribution in [0.5, 0.6) is 0 Å². The van der Waals surface area contributed by atoms with E-state index in [0.717, 1.165) is 69.9 Å². The molecule has 4 aliphatic rings. The minimum atomic E-state index is -3.44. The van der Waals surface area contributed by atoms with E-state index in [1.807, 2.05) is 0 Å². The highest BCUT2D eigenvalue weighted by atomic mass is 32.2. The molecule has 156 valence electrons. The van der Waals surface area contributed by atoms with Gasteiger partial charge in [0.05, 0.1) is 5.69 Å². The van der Waals surface area contributed by atoms with Crippen molar-refractivity contribution in [2.75, 3.05) is 32.8 Å². The Morgan fingerprint density at radius 1 is 1.14 bits per heavy atom. The second kappa shape index (κ2) is 7.38. The van der Waals surface area contributed by atoms with Crippen LogP contribution in [0.25, 0.3) is 0 Å². The van der Waals surface area contributed by atoms with Gasteiger partial charge in [-0.05, 0) is 62.8 Å². The number of hydrogen-bond donors (Lipinski definition) is 1. The van der Waals surface area contributed by atoms with Crippen molar-refractivity contribution in [3.05, 3.63) is 11.8 Å². The lowest BCUT2D eigenvalue weighted by Gasteiger charge is -2.25. The number of ether oxygens (including phenoxy) is 1. The molecule has 0 bridgehead atoms. The van der Waals surface area contributed by atoms with Crippen LogP contribution in [0, 0.1) is 17.8 Å². The van der Waals surface area contributed by atoms with E-state index in [9.17, 15) is 8.42 Å². The van der Waals surface area contributed by atoms with Crippen LogP contribution in [0.2, 0.25) is 0 Å². The third kappa shape index (κ3) is 3.64. The van der Waals surface area contributed by atoms with E-state index in [1.165, 1.54) is 0 Å². The molecule has 0 amide bonds. The fraction of sp³-hybridized carbons (Fsp3) is 0.850. The first-order valence-electron chi connectivity index (χ1n) is 10.9. The Morgan fingerprint density at radius 2 is 1.82 bits per heavy atom. The molecule has 1 aromatic heterocycles. The van der Waals surface area contributed by atoms with E-state index in [-0.39, 0.29) is 0 Å². The highest BCUT2D eigenvalue weighted by Crippen LogP contribution is 2.42. The van der Waals surface area contributed by atoms with Crippen molar-refractivity contribution in [1.82, 2.24) is 19.4 Å². The van der Waals surface area contributed by atoms with Gasteiger partial charge >= 0.3 is 0 Å². The number of sulfonamides is 1. The Morgan fingerprint density at radius 3 is 2.46 bits per heavy atom. The van der Waals surface area contributed by atoms with Gasteiger partial charge < -0.3 is 10.1 Å². The fourth-order valence-electron chi connectivity index (χ4n) is 5.33. The Hall–Kier alpha value is -0.960. The van der Waals surface area contributed by atoms with Crippen LogP contribution in [-0.4, -0.2) is 61.4 Å². The topological polar surface area (TPSA) is 76.5 Å². The van der Waals surface area contributed by atoms with Gasteiger partial charge in [0.1, 0.15) is 0 Å². The van der Waals surface area contributed by atoms with Gasteiger partial charge in [0.25, 0.3) is 10.0 Å². The van der Waals surface area contributed by atoms with Crippen molar-refractivity contribution in [3.63, 3.8) is 0 Å². The number of nitrogens with one attached hydrogen (secondary N) is 1. The molecule has 1 N–H and O–H groups in total. The third-order valence-corrected chi connectivity index (χ3v) is 9.10. The van der Waals surface area contributed by atoms with Crippen LogP contribution in [0.3, 0.4) is 0 Å². The number of fused-ring (bicyclic) bond motifs is 1. The molecule has 3 atom stereocenters. The summed E-state index contributed by atoms with van der Waals surface area (Å²) in [6, 6.07) is 2.35. The lowest BCUT2D eigenvalue weighted by molar-refractivity contribution is 0.0654. The zero-order valence-electron chi connectivity index (χ0n) is 16.7. The first-order chi connectivity index (χ1) is 13.5. The third-order valence-electron chi connectivity index (χ3n) is 7.21. The second-order valence-corrected chi connectivity index (χ2v) is 11.2. The molecule has 2 aliphatic heterocycles. The van der Waals surface area contributed by atoms with Crippen molar-refractivity contribution >= 4 is 10.0 Å². The Balaban J connectivity index is 1.18. The van der Waals surface area contributed by atoms with Crippen LogP contribution in [-0.2, 0) is 21.8 Å². The summed E-state index contributed by atoms with van der Waals surface area (Å²) in [4.78, 5) is 0. The maximum atomic E-state index is 13.2. The first kappa shape index (κ1) is 19.0. The van der Waals surface area contributed by atoms with Gasteiger partial charge in [-0.2, -0.15) is 9.40 Å². The Kier molecular flexibility index (Phi) is 5.01. The summed E-state index contributed by atoms with van der Waals surface area (Å²) in [7, 11) is -1.69. The van der Waals surface area contributed by atoms with Gasteiger partial charge in [0, 0.05) is 51.4 Å². The molecular formula is C20H32N4O3S. The average molecular weight is 409 g/mol. The van der Waals surface area contributed by atoms with Crippen molar-refractivity contribution in [1.29, 1.82) is 0 Å². The smallest absolute Gasteiger partial charge is 0.260 e. The standard InChI is InChI=1S/C20H32N4O3S/c1-23-20(10-19(22-23)15-2-3-15)28(25,26)24-12-16-8-18(9-17(16)13-24)21-11-14-4-6-27-7-5-14/h10,14-18,21H,2-9,11-13H2,1H3/t16-,17+,18?. The van der Waals surface area contributed by atoms with E-state index in [4.69, 9.17) is 4.74 Å². The maximum absolute atomic E-state index is 13.2. The number of aryl methyl sites for hydroxylation is 1. The van der Waals surface area contributed by atoms with Crippen molar-refractivity contribution in [2.24, 2.45) is 24.8 Å². The van der Waals surface area contributed by atoms with Gasteiger partial charge in [0.15, 0.2) is 5.03 Å². The molecule has 7 nitrogen and oxygen atoms in total. The Bertz CT molecular complexity index is 799. The number of rotatable bonds is 6. The molecule has 4 fully saturated rings. The number of aromatic nitrogens is 2. The molecule has 0 radical (unpaired) electrons. The lowest BCUT2D eigenvalue weighted by atomic mass is 10.00. The highest BCUT2D eigenvalue weighted by molar-refractivity contribution is 7.89. The minimum Gasteiger partial charge on any atom is -0.381 e. The molecule has 3 heterocycles. The highest BCUT2D eigenvalue weighted by Gasteiger charge is 2.45. The molecule has 2 saturated carbocycles. The van der Waals surface area contributed by atoms with Crippen molar-refractivity contribution in [2.45, 2.75) is 55.5 Å². The van der Waals surface area contributed by atoms with Crippen LogP contribution in [0.4, 0.5) is 0 Å². The van der Waals surface area contributed by atoms with E-state index in [0.29, 0.717) is 41.9 Å². The summed E-state index contributed by atoms with van der Waals surface area (Å²) < 4.78 is 35.1. The van der Waals surface area contributed by atoms with Gasteiger partial charge in [-0.1, -0.05) is 0 Å². The molecule has 2 aliphatic carbocycles. The van der Waals surface area contributed by atoms with Crippen LogP contribution < -0.4 is 5.32 Å². The summed E-state index contributed by atoms with van der Waals surface area (Å²) in [5.74, 6) is 2.17. The largest absolute Gasteiger partial charge is 0.381 e. The molecule has 0 spiro atoms. The van der Waals surface area contributed by atoms with Gasteiger partial charge in [0.2, 0.25) is 0 Å². The fourth-order valence-corrected chi connectivity index (χ4v) is 7.01. The minimum absolute atomic E-state index is 0.364. The van der Waals surface area contributed by atoms with Crippen LogP contribution in [0.1, 0.15) is 50.1 Å². The molecular weight excluding hydrogens is 376 g/mol. The van der Waals surface area contributed by atoms with E-state index in [2.05, 4.69) is 10.4 Å². The summed E-state index contributed by atoms with van der Waals surface area (Å²) >= 11 is 0. The zero-order chi connectivity index (χ0) is 19.3. The van der Waals surface area contributed by atoms with Crippen LogP contribution >= 0.6 is 0 Å². The monoisotopic (exact) mass is 408 g/mol. The molecule has 5 rings (SSSR count). The maximum Gasteiger partial charge on any atom is 0.260 e. The predicted molar refractivity (Wildman–Crippen MR) is 105 cm³/mol. The normalized spacial score (nSPS) is 32.1. The SMILES string of the molecule is Cn1nc(C2CC2)cc1S(=O)(=O)N1C[C@H]2CC(NCC3CCOCC3)C[C@H]2C1. The summed E-state index contributed by atoms with van der Waals surface area (Å²) in [5, 5.41) is 8.58. The average Bonchev–Trinajstić information content (AvgIpc) is 3.15. The van der Waals surface area contributed by atoms with Gasteiger partial charge in [-0.25, -0.2) is 8.42 Å².